The van der Waals surface area contributed by atoms with Crippen LogP contribution in [0.15, 0.2) is 28.7 Å². The summed E-state index contributed by atoms with van der Waals surface area (Å²) in [5.41, 5.74) is 0. The molecule has 0 spiro atoms. The molecule has 0 bridgehead atoms. The van der Waals surface area contributed by atoms with Crippen molar-refractivity contribution in [2.75, 3.05) is 25.0 Å². The van der Waals surface area contributed by atoms with E-state index < -0.39 is 0 Å². The average molecular weight is 364 g/mol. The van der Waals surface area contributed by atoms with Gasteiger partial charge in [0.25, 0.3) is 0 Å². The molecule has 0 amide bonds. The van der Waals surface area contributed by atoms with Crippen molar-refractivity contribution in [2.45, 2.75) is 38.8 Å². The summed E-state index contributed by atoms with van der Waals surface area (Å²) in [5.74, 6) is 0.873. The van der Waals surface area contributed by atoms with Crippen molar-refractivity contribution in [3.05, 3.63) is 33.6 Å². The number of rotatable bonds is 5. The van der Waals surface area contributed by atoms with Gasteiger partial charge in [-0.3, -0.25) is 4.99 Å². The summed E-state index contributed by atoms with van der Waals surface area (Å²) in [5, 5.41) is 11.6. The van der Waals surface area contributed by atoms with Crippen LogP contribution in [0.25, 0.3) is 0 Å². The Bertz CT molecular complexity index is 642. The Hall–Kier alpha value is -1.60. The van der Waals surface area contributed by atoms with Crippen molar-refractivity contribution in [2.24, 2.45) is 4.99 Å². The molecule has 5 nitrogen and oxygen atoms in total. The van der Waals surface area contributed by atoms with Gasteiger partial charge < -0.3 is 15.5 Å². The van der Waals surface area contributed by atoms with Crippen LogP contribution in [0.5, 0.6) is 0 Å². The van der Waals surface area contributed by atoms with Gasteiger partial charge in [-0.05, 0) is 36.8 Å². The summed E-state index contributed by atoms with van der Waals surface area (Å²) in [4.78, 5) is 12.6. The Morgan fingerprint density at radius 3 is 2.88 bits per heavy atom. The first-order chi connectivity index (χ1) is 11.8. The largest absolute Gasteiger partial charge is 0.363 e. The second-order valence-corrected chi connectivity index (χ2v) is 7.98. The van der Waals surface area contributed by atoms with E-state index in [1.807, 2.05) is 24.6 Å². The summed E-state index contributed by atoms with van der Waals surface area (Å²) in [7, 11) is 1.83. The van der Waals surface area contributed by atoms with Crippen LogP contribution in [-0.2, 0) is 13.0 Å². The molecule has 2 aromatic heterocycles. The van der Waals surface area contributed by atoms with E-state index in [-0.39, 0.29) is 0 Å². The molecule has 0 saturated carbocycles. The molecule has 24 heavy (non-hydrogen) atoms. The minimum absolute atomic E-state index is 0.481. The third-order valence-electron chi connectivity index (χ3n) is 4.23. The van der Waals surface area contributed by atoms with Crippen molar-refractivity contribution in [1.82, 2.24) is 15.6 Å². The lowest BCUT2D eigenvalue weighted by atomic mass is 10.1. The van der Waals surface area contributed by atoms with Crippen LogP contribution in [0.1, 0.15) is 29.7 Å². The van der Waals surface area contributed by atoms with Gasteiger partial charge in [-0.2, -0.15) is 0 Å². The number of aliphatic imine (C=N–C) groups is 1. The van der Waals surface area contributed by atoms with Crippen LogP contribution in [0.4, 0.5) is 5.00 Å². The number of guanidine groups is 1. The minimum atomic E-state index is 0.481. The molecule has 3 heterocycles. The molecule has 0 aliphatic carbocycles. The Balaban J connectivity index is 1.44. The van der Waals surface area contributed by atoms with Gasteiger partial charge in [0.1, 0.15) is 5.01 Å². The number of aromatic nitrogens is 1. The number of anilines is 1. The number of nitrogens with one attached hydrogen (secondary N) is 2. The molecule has 1 saturated heterocycles. The lowest BCUT2D eigenvalue weighted by Crippen LogP contribution is -2.48. The zero-order valence-electron chi connectivity index (χ0n) is 14.3. The van der Waals surface area contributed by atoms with Crippen molar-refractivity contribution >= 4 is 33.6 Å². The monoisotopic (exact) mass is 363 g/mol. The van der Waals surface area contributed by atoms with Gasteiger partial charge in [0.15, 0.2) is 5.96 Å². The zero-order chi connectivity index (χ0) is 16.8. The van der Waals surface area contributed by atoms with Crippen molar-refractivity contribution in [3.8, 4) is 0 Å². The Kier molecular flexibility index (Phi) is 6.09. The first-order valence-corrected chi connectivity index (χ1v) is 10.2. The van der Waals surface area contributed by atoms with Crippen LogP contribution >= 0.6 is 22.7 Å². The molecule has 0 radical (unpaired) electrons. The highest BCUT2D eigenvalue weighted by atomic mass is 32.1. The molecule has 7 heteroatoms. The molecule has 1 fully saturated rings. The molecular formula is C17H25N5S2. The van der Waals surface area contributed by atoms with Crippen molar-refractivity contribution in [1.29, 1.82) is 0 Å². The highest BCUT2D eigenvalue weighted by Gasteiger charge is 2.20. The number of thiazole rings is 1. The van der Waals surface area contributed by atoms with Crippen LogP contribution in [0.2, 0.25) is 0 Å². The molecule has 2 aromatic rings. The quantitative estimate of drug-likeness (QED) is 0.633. The predicted molar refractivity (Wildman–Crippen MR) is 104 cm³/mol. The lowest BCUT2D eigenvalue weighted by Gasteiger charge is -2.33. The molecule has 3 rings (SSSR count). The van der Waals surface area contributed by atoms with Crippen molar-refractivity contribution < 1.29 is 0 Å². The van der Waals surface area contributed by atoms with E-state index in [9.17, 15) is 0 Å². The molecule has 130 valence electrons. The maximum Gasteiger partial charge on any atom is 0.191 e. The van der Waals surface area contributed by atoms with E-state index in [0.29, 0.717) is 6.04 Å². The number of hydrogen-bond acceptors (Lipinski definition) is 5. The van der Waals surface area contributed by atoms with E-state index >= 15 is 0 Å². The van der Waals surface area contributed by atoms with Gasteiger partial charge >= 0.3 is 0 Å². The summed E-state index contributed by atoms with van der Waals surface area (Å²) in [6, 6.07) is 4.81. The first-order valence-electron chi connectivity index (χ1n) is 8.47. The van der Waals surface area contributed by atoms with Crippen molar-refractivity contribution in [3.63, 3.8) is 0 Å². The molecule has 0 aromatic carbocycles. The number of piperidine rings is 1. The fourth-order valence-corrected chi connectivity index (χ4v) is 4.42. The van der Waals surface area contributed by atoms with E-state index in [2.05, 4.69) is 49.9 Å². The molecule has 1 aliphatic rings. The SMILES string of the molecule is CCc1cnc(CNC(=NC)NC2CCN(c3cccs3)CC2)s1. The van der Waals surface area contributed by atoms with Gasteiger partial charge in [0.05, 0.1) is 11.5 Å². The molecular weight excluding hydrogens is 338 g/mol. The third kappa shape index (κ3) is 4.48. The van der Waals surface area contributed by atoms with E-state index in [0.717, 1.165) is 49.9 Å². The number of hydrogen-bond donors (Lipinski definition) is 2. The van der Waals surface area contributed by atoms with E-state index in [1.165, 1.54) is 9.88 Å². The Morgan fingerprint density at radius 1 is 1.42 bits per heavy atom. The molecule has 1 aliphatic heterocycles. The van der Waals surface area contributed by atoms with Gasteiger partial charge in [0, 0.05) is 37.3 Å². The number of thiophene rings is 1. The van der Waals surface area contributed by atoms with Gasteiger partial charge in [-0.25, -0.2) is 4.98 Å². The second kappa shape index (κ2) is 8.48. The van der Waals surface area contributed by atoms with Crippen LogP contribution in [0.3, 0.4) is 0 Å². The van der Waals surface area contributed by atoms with Gasteiger partial charge in [0.2, 0.25) is 0 Å². The Morgan fingerprint density at radius 2 is 2.25 bits per heavy atom. The number of nitrogens with zero attached hydrogens (tertiary/aromatic N) is 3. The minimum Gasteiger partial charge on any atom is -0.363 e. The summed E-state index contributed by atoms with van der Waals surface area (Å²) >= 11 is 3.59. The fourth-order valence-electron chi connectivity index (χ4n) is 2.83. The van der Waals surface area contributed by atoms with Gasteiger partial charge in [-0.1, -0.05) is 6.92 Å². The van der Waals surface area contributed by atoms with Gasteiger partial charge in [-0.15, -0.1) is 22.7 Å². The van der Waals surface area contributed by atoms with E-state index in [4.69, 9.17) is 0 Å². The molecule has 0 atom stereocenters. The maximum atomic E-state index is 4.45. The first kappa shape index (κ1) is 17.2. The summed E-state index contributed by atoms with van der Waals surface area (Å²) in [6.45, 7) is 5.09. The highest BCUT2D eigenvalue weighted by molar-refractivity contribution is 7.14. The predicted octanol–water partition coefficient (Wildman–Crippen LogP) is 3.10. The molecule has 2 N–H and O–H groups in total. The van der Waals surface area contributed by atoms with Crippen LogP contribution < -0.4 is 15.5 Å². The summed E-state index contributed by atoms with van der Waals surface area (Å²) < 4.78 is 0. The standard InChI is InChI=1S/C17H25N5S2/c1-3-14-11-19-15(24-14)12-20-17(18-2)21-13-6-8-22(9-7-13)16-5-4-10-23-16/h4-5,10-11,13H,3,6-9,12H2,1-2H3,(H2,18,20,21). The second-order valence-electron chi connectivity index (χ2n) is 5.86. The lowest BCUT2D eigenvalue weighted by molar-refractivity contribution is 0.462. The fraction of sp³-hybridized carbons (Fsp3) is 0.529. The third-order valence-corrected chi connectivity index (χ3v) is 6.30. The van der Waals surface area contributed by atoms with Crippen LogP contribution in [0, 0.1) is 0 Å². The highest BCUT2D eigenvalue weighted by Crippen LogP contribution is 2.24. The maximum absolute atomic E-state index is 4.45. The van der Waals surface area contributed by atoms with Crippen LogP contribution in [-0.4, -0.2) is 37.1 Å². The average Bonchev–Trinajstić information content (AvgIpc) is 3.30. The smallest absolute Gasteiger partial charge is 0.191 e. The Labute approximate surface area is 151 Å². The normalized spacial score (nSPS) is 16.4. The number of aryl methyl sites for hydroxylation is 1. The summed E-state index contributed by atoms with van der Waals surface area (Å²) in [6.07, 6.45) is 5.29. The molecule has 0 unspecified atom stereocenters. The topological polar surface area (TPSA) is 52.6 Å². The van der Waals surface area contributed by atoms with E-state index in [1.54, 1.807) is 11.3 Å². The zero-order valence-corrected chi connectivity index (χ0v) is 15.9.